The second-order valence-electron chi connectivity index (χ2n) is 8.27. The van der Waals surface area contributed by atoms with E-state index in [1.165, 1.54) is 15.7 Å². The van der Waals surface area contributed by atoms with Gasteiger partial charge >= 0.3 is 0 Å². The molecule has 0 aliphatic carbocycles. The summed E-state index contributed by atoms with van der Waals surface area (Å²) in [4.78, 5) is 32.7. The summed E-state index contributed by atoms with van der Waals surface area (Å²) < 4.78 is 1.49. The van der Waals surface area contributed by atoms with Crippen LogP contribution in [0.5, 0.6) is 0 Å². The van der Waals surface area contributed by atoms with Crippen LogP contribution in [0.2, 0.25) is 0 Å². The maximum Gasteiger partial charge on any atom is 0.257 e. The van der Waals surface area contributed by atoms with Crippen LogP contribution in [-0.4, -0.2) is 26.9 Å². The van der Waals surface area contributed by atoms with Crippen molar-refractivity contribution in [1.82, 2.24) is 14.5 Å². The van der Waals surface area contributed by atoms with E-state index in [4.69, 9.17) is 4.98 Å². The van der Waals surface area contributed by atoms with Crippen LogP contribution in [0.1, 0.15) is 33.8 Å². The normalized spacial score (nSPS) is 13.6. The monoisotopic (exact) mass is 416 g/mol. The molecule has 160 valence electrons. The fraction of sp³-hybridized carbons (Fsp3) is 0.320. The number of amides is 1. The number of hydrogen-bond acceptors (Lipinski definition) is 4. The van der Waals surface area contributed by atoms with E-state index in [-0.39, 0.29) is 18.0 Å². The molecule has 0 bridgehead atoms. The second kappa shape index (κ2) is 8.86. The number of carbonyl (C=O) groups is 1. The summed E-state index contributed by atoms with van der Waals surface area (Å²) in [5.41, 5.74) is 5.73. The highest BCUT2D eigenvalue weighted by molar-refractivity contribution is 5.90. The molecule has 2 aromatic carbocycles. The highest BCUT2D eigenvalue weighted by Gasteiger charge is 2.23. The van der Waals surface area contributed by atoms with Gasteiger partial charge in [0.2, 0.25) is 5.91 Å². The summed E-state index contributed by atoms with van der Waals surface area (Å²) in [6.45, 7) is 8.08. The molecule has 0 saturated carbocycles. The number of fused-ring (bicyclic) bond motifs is 1. The van der Waals surface area contributed by atoms with E-state index >= 15 is 0 Å². The number of aryl methyl sites for hydroxylation is 3. The van der Waals surface area contributed by atoms with E-state index < -0.39 is 0 Å². The number of carbonyl (C=O) groups excluding carboxylic acids is 1. The second-order valence-corrected chi connectivity index (χ2v) is 8.27. The molecule has 4 rings (SSSR count). The van der Waals surface area contributed by atoms with E-state index in [1.54, 1.807) is 6.92 Å². The molecule has 0 fully saturated rings. The first-order chi connectivity index (χ1) is 14.9. The summed E-state index contributed by atoms with van der Waals surface area (Å²) in [6.07, 6.45) is 0.646. The SMILES string of the molecule is Cc1ccc(NC(=O)Cn2c(C)nc3c(c2=O)CCN(Cc2ccccc2)C3)cc1C. The van der Waals surface area contributed by atoms with Crippen LogP contribution in [0.15, 0.2) is 53.3 Å². The third kappa shape index (κ3) is 4.75. The number of rotatable bonds is 5. The molecule has 0 radical (unpaired) electrons. The first-order valence-corrected chi connectivity index (χ1v) is 10.6. The number of benzene rings is 2. The zero-order valence-corrected chi connectivity index (χ0v) is 18.3. The molecule has 3 aromatic rings. The predicted octanol–water partition coefficient (Wildman–Crippen LogP) is 3.37. The van der Waals surface area contributed by atoms with Crippen LogP contribution in [-0.2, 0) is 30.8 Å². The van der Waals surface area contributed by atoms with Crippen molar-refractivity contribution < 1.29 is 4.79 Å². The van der Waals surface area contributed by atoms with Gasteiger partial charge in [-0.05, 0) is 56.0 Å². The van der Waals surface area contributed by atoms with E-state index in [9.17, 15) is 9.59 Å². The lowest BCUT2D eigenvalue weighted by Crippen LogP contribution is -2.39. The number of aromatic nitrogens is 2. The van der Waals surface area contributed by atoms with Crippen LogP contribution in [0, 0.1) is 20.8 Å². The Morgan fingerprint density at radius 1 is 1.06 bits per heavy atom. The highest BCUT2D eigenvalue weighted by atomic mass is 16.2. The van der Waals surface area contributed by atoms with Crippen molar-refractivity contribution in [2.75, 3.05) is 11.9 Å². The van der Waals surface area contributed by atoms with E-state index in [2.05, 4.69) is 22.3 Å². The van der Waals surface area contributed by atoms with Gasteiger partial charge < -0.3 is 5.32 Å². The molecule has 1 aliphatic heterocycles. The molecule has 0 saturated heterocycles. The van der Waals surface area contributed by atoms with Crippen molar-refractivity contribution in [2.45, 2.75) is 46.8 Å². The van der Waals surface area contributed by atoms with Crippen LogP contribution in [0.3, 0.4) is 0 Å². The highest BCUT2D eigenvalue weighted by Crippen LogP contribution is 2.18. The Kier molecular flexibility index (Phi) is 6.00. The summed E-state index contributed by atoms with van der Waals surface area (Å²) in [5, 5.41) is 2.89. The standard InChI is InChI=1S/C25H28N4O2/c1-17-9-10-21(13-18(17)2)27-24(30)16-29-19(3)26-23-15-28(12-11-22(23)25(29)31)14-20-7-5-4-6-8-20/h4-10,13H,11-12,14-16H2,1-3H3,(H,27,30). The minimum atomic E-state index is -0.225. The van der Waals surface area contributed by atoms with Gasteiger partial charge in [-0.15, -0.1) is 0 Å². The average molecular weight is 417 g/mol. The molecule has 0 spiro atoms. The van der Waals surface area contributed by atoms with Gasteiger partial charge in [0.05, 0.1) is 5.69 Å². The van der Waals surface area contributed by atoms with Gasteiger partial charge in [0.1, 0.15) is 12.4 Å². The van der Waals surface area contributed by atoms with Crippen LogP contribution in [0.25, 0.3) is 0 Å². The van der Waals surface area contributed by atoms with Gasteiger partial charge in [-0.2, -0.15) is 0 Å². The first-order valence-electron chi connectivity index (χ1n) is 10.6. The molecule has 1 aromatic heterocycles. The van der Waals surface area contributed by atoms with Crippen molar-refractivity contribution in [1.29, 1.82) is 0 Å². The molecular weight excluding hydrogens is 388 g/mol. The van der Waals surface area contributed by atoms with Gasteiger partial charge in [0.25, 0.3) is 5.56 Å². The predicted molar refractivity (Wildman–Crippen MR) is 122 cm³/mol. The number of hydrogen-bond donors (Lipinski definition) is 1. The largest absolute Gasteiger partial charge is 0.325 e. The average Bonchev–Trinajstić information content (AvgIpc) is 2.74. The molecule has 0 unspecified atom stereocenters. The lowest BCUT2D eigenvalue weighted by molar-refractivity contribution is -0.116. The molecule has 6 nitrogen and oxygen atoms in total. The van der Waals surface area contributed by atoms with Crippen molar-refractivity contribution >= 4 is 11.6 Å². The quantitative estimate of drug-likeness (QED) is 0.693. The summed E-state index contributed by atoms with van der Waals surface area (Å²) in [7, 11) is 0. The minimum absolute atomic E-state index is 0.0361. The van der Waals surface area contributed by atoms with E-state index in [0.29, 0.717) is 18.8 Å². The Labute approximate surface area is 182 Å². The summed E-state index contributed by atoms with van der Waals surface area (Å²) >= 11 is 0. The summed E-state index contributed by atoms with van der Waals surface area (Å²) in [6, 6.07) is 16.1. The maximum absolute atomic E-state index is 13.1. The third-order valence-corrected chi connectivity index (χ3v) is 5.93. The van der Waals surface area contributed by atoms with Crippen molar-refractivity contribution in [3.63, 3.8) is 0 Å². The zero-order chi connectivity index (χ0) is 22.0. The number of nitrogens with zero attached hydrogens (tertiary/aromatic N) is 3. The molecule has 1 amide bonds. The van der Waals surface area contributed by atoms with Gasteiger partial charge in [0, 0.05) is 30.9 Å². The lowest BCUT2D eigenvalue weighted by atomic mass is 10.1. The molecule has 0 atom stereocenters. The Balaban J connectivity index is 1.48. The molecule has 31 heavy (non-hydrogen) atoms. The van der Waals surface area contributed by atoms with Crippen molar-refractivity contribution in [2.24, 2.45) is 0 Å². The van der Waals surface area contributed by atoms with Crippen molar-refractivity contribution in [3.8, 4) is 0 Å². The molecular formula is C25H28N4O2. The van der Waals surface area contributed by atoms with Crippen LogP contribution in [0.4, 0.5) is 5.69 Å². The lowest BCUT2D eigenvalue weighted by Gasteiger charge is -2.28. The van der Waals surface area contributed by atoms with Gasteiger partial charge in [-0.1, -0.05) is 36.4 Å². The Morgan fingerprint density at radius 2 is 1.84 bits per heavy atom. The zero-order valence-electron chi connectivity index (χ0n) is 18.3. The topological polar surface area (TPSA) is 67.2 Å². The Hall–Kier alpha value is -3.25. The number of nitrogens with one attached hydrogen (secondary N) is 1. The van der Waals surface area contributed by atoms with E-state index in [0.717, 1.165) is 35.6 Å². The Morgan fingerprint density at radius 3 is 2.58 bits per heavy atom. The van der Waals surface area contributed by atoms with Gasteiger partial charge in [-0.3, -0.25) is 19.1 Å². The maximum atomic E-state index is 13.1. The Bertz CT molecular complexity index is 1170. The molecule has 1 N–H and O–H groups in total. The first kappa shape index (κ1) is 21.0. The third-order valence-electron chi connectivity index (χ3n) is 5.93. The smallest absolute Gasteiger partial charge is 0.257 e. The van der Waals surface area contributed by atoms with Gasteiger partial charge in [0.15, 0.2) is 0 Å². The van der Waals surface area contributed by atoms with Crippen molar-refractivity contribution in [3.05, 3.63) is 92.7 Å². The molecule has 6 heteroatoms. The molecule has 1 aliphatic rings. The van der Waals surface area contributed by atoms with Crippen LogP contribution < -0.4 is 10.9 Å². The number of anilines is 1. The van der Waals surface area contributed by atoms with Gasteiger partial charge in [-0.25, -0.2) is 4.98 Å². The fourth-order valence-electron chi connectivity index (χ4n) is 4.03. The van der Waals surface area contributed by atoms with Crippen LogP contribution >= 0.6 is 0 Å². The summed E-state index contributed by atoms with van der Waals surface area (Å²) in [5.74, 6) is 0.345. The fourth-order valence-corrected chi connectivity index (χ4v) is 4.03. The van der Waals surface area contributed by atoms with E-state index in [1.807, 2.05) is 50.2 Å². The molecule has 2 heterocycles. The minimum Gasteiger partial charge on any atom is -0.325 e.